The molecule has 194 valence electrons. The number of ether oxygens (including phenoxy) is 1. The second kappa shape index (κ2) is 10.2. The highest BCUT2D eigenvalue weighted by Crippen LogP contribution is 2.46. The summed E-state index contributed by atoms with van der Waals surface area (Å²) in [5, 5.41) is 8.19. The highest BCUT2D eigenvalue weighted by molar-refractivity contribution is 6.39. The Bertz CT molecular complexity index is 1270. The van der Waals surface area contributed by atoms with E-state index in [1.54, 1.807) is 0 Å². The highest BCUT2D eigenvalue weighted by atomic mass is 35.5. The van der Waals surface area contributed by atoms with Crippen LogP contribution in [0.15, 0.2) is 47.0 Å². The fourth-order valence-corrected chi connectivity index (χ4v) is 5.79. The quantitative estimate of drug-likeness (QED) is 0.359. The summed E-state index contributed by atoms with van der Waals surface area (Å²) in [6, 6.07) is 13.9. The topological polar surface area (TPSA) is 88.9 Å². The van der Waals surface area contributed by atoms with Gasteiger partial charge in [0, 0.05) is 35.3 Å². The van der Waals surface area contributed by atoms with Crippen LogP contribution in [-0.2, 0) is 16.2 Å². The molecule has 3 atom stereocenters. The van der Waals surface area contributed by atoms with Gasteiger partial charge in [0.1, 0.15) is 17.6 Å². The Kier molecular flexibility index (Phi) is 6.75. The van der Waals surface area contributed by atoms with Crippen molar-refractivity contribution in [1.82, 2.24) is 16.0 Å². The van der Waals surface area contributed by atoms with Crippen LogP contribution < -0.4 is 15.7 Å². The Morgan fingerprint density at radius 1 is 1.11 bits per heavy atom. The molecule has 8 nitrogen and oxygen atoms in total. The lowest BCUT2D eigenvalue weighted by Crippen LogP contribution is -2.43. The standard InChI is InChI=1S/C27H28Cl2N4O4/c1-15-13-19(11-12-33(15)18-9-7-17(8-10-18)26-30-27(34)37-32-26)35-14-20-24(31-36-25(20)16-5-6-16)23-21(28)3-2-4-22(23)29/h2-4,7-10,15-16,19,26,32H,5-6,11-14H2,1H3,(H,30,34)/t15-,19+,26?/m0/s1. The number of nitrogens with zero attached hydrogens (tertiary/aromatic N) is 2. The minimum Gasteiger partial charge on any atom is -0.373 e. The molecular weight excluding hydrogens is 515 g/mol. The van der Waals surface area contributed by atoms with Gasteiger partial charge in [0.15, 0.2) is 0 Å². The van der Waals surface area contributed by atoms with E-state index in [1.807, 2.05) is 30.3 Å². The molecule has 1 saturated carbocycles. The van der Waals surface area contributed by atoms with Crippen molar-refractivity contribution < 1.29 is 18.9 Å². The smallest absolute Gasteiger partial charge is 0.373 e. The molecule has 3 heterocycles. The first-order valence-electron chi connectivity index (χ1n) is 12.6. The van der Waals surface area contributed by atoms with Crippen LogP contribution in [0.4, 0.5) is 10.5 Å². The van der Waals surface area contributed by atoms with Gasteiger partial charge in [0.05, 0.1) is 22.8 Å². The molecule has 1 unspecified atom stereocenters. The number of carbonyl (C=O) groups excluding carboxylic acids is 1. The molecule has 1 amide bonds. The van der Waals surface area contributed by atoms with E-state index in [-0.39, 0.29) is 12.3 Å². The van der Waals surface area contributed by atoms with Crippen molar-refractivity contribution in [3.05, 3.63) is 69.4 Å². The summed E-state index contributed by atoms with van der Waals surface area (Å²) in [6.07, 6.45) is 3.33. The molecular formula is C27H28Cl2N4O4. The zero-order valence-electron chi connectivity index (χ0n) is 20.4. The molecule has 0 spiro atoms. The van der Waals surface area contributed by atoms with Gasteiger partial charge in [0.25, 0.3) is 0 Å². The first kappa shape index (κ1) is 24.6. The summed E-state index contributed by atoms with van der Waals surface area (Å²) >= 11 is 13.0. The highest BCUT2D eigenvalue weighted by Gasteiger charge is 2.34. The number of anilines is 1. The van der Waals surface area contributed by atoms with E-state index in [4.69, 9.17) is 37.3 Å². The first-order chi connectivity index (χ1) is 18.0. The van der Waals surface area contributed by atoms with E-state index < -0.39 is 6.09 Å². The molecule has 2 aliphatic heterocycles. The van der Waals surface area contributed by atoms with Crippen molar-refractivity contribution in [3.8, 4) is 11.3 Å². The van der Waals surface area contributed by atoms with E-state index in [0.29, 0.717) is 39.9 Å². The number of hydroxylamine groups is 1. The predicted molar refractivity (Wildman–Crippen MR) is 140 cm³/mol. The van der Waals surface area contributed by atoms with E-state index in [2.05, 4.69) is 39.9 Å². The molecule has 2 N–H and O–H groups in total. The molecule has 2 aromatic carbocycles. The van der Waals surface area contributed by atoms with Crippen molar-refractivity contribution in [2.24, 2.45) is 0 Å². The lowest BCUT2D eigenvalue weighted by Gasteiger charge is -2.39. The lowest BCUT2D eigenvalue weighted by molar-refractivity contribution is 0.0175. The zero-order chi connectivity index (χ0) is 25.5. The van der Waals surface area contributed by atoms with Crippen molar-refractivity contribution in [1.29, 1.82) is 0 Å². The molecule has 2 saturated heterocycles. The van der Waals surface area contributed by atoms with Crippen molar-refractivity contribution in [2.75, 3.05) is 11.4 Å². The van der Waals surface area contributed by atoms with E-state index in [9.17, 15) is 4.79 Å². The molecule has 3 aliphatic rings. The number of hydrogen-bond donors (Lipinski definition) is 2. The number of nitrogens with one attached hydrogen (secondary N) is 2. The molecule has 10 heteroatoms. The molecule has 0 bridgehead atoms. The summed E-state index contributed by atoms with van der Waals surface area (Å²) in [5.74, 6) is 1.29. The van der Waals surface area contributed by atoms with Crippen LogP contribution in [0.25, 0.3) is 11.3 Å². The third-order valence-corrected chi connectivity index (χ3v) is 7.98. The Morgan fingerprint density at radius 3 is 2.51 bits per heavy atom. The summed E-state index contributed by atoms with van der Waals surface area (Å²) < 4.78 is 12.2. The van der Waals surface area contributed by atoms with Gasteiger partial charge in [-0.1, -0.05) is 46.6 Å². The number of amides is 1. The van der Waals surface area contributed by atoms with Gasteiger partial charge >= 0.3 is 6.09 Å². The van der Waals surface area contributed by atoms with Gasteiger partial charge in [-0.3, -0.25) is 5.32 Å². The minimum atomic E-state index is -0.470. The Morgan fingerprint density at radius 2 is 1.86 bits per heavy atom. The number of benzene rings is 2. The minimum absolute atomic E-state index is 0.122. The van der Waals surface area contributed by atoms with Crippen LogP contribution in [0.2, 0.25) is 10.0 Å². The monoisotopic (exact) mass is 542 g/mol. The second-order valence-electron chi connectivity index (χ2n) is 9.92. The normalized spacial score (nSPS) is 23.7. The second-order valence-corrected chi connectivity index (χ2v) is 10.7. The van der Waals surface area contributed by atoms with Gasteiger partial charge in [-0.15, -0.1) is 5.48 Å². The Balaban J connectivity index is 1.12. The van der Waals surface area contributed by atoms with Crippen LogP contribution in [0.1, 0.15) is 61.6 Å². The number of rotatable bonds is 7. The van der Waals surface area contributed by atoms with Crippen LogP contribution in [0.3, 0.4) is 0 Å². The van der Waals surface area contributed by atoms with Crippen LogP contribution in [0, 0.1) is 0 Å². The third kappa shape index (κ3) is 5.03. The van der Waals surface area contributed by atoms with E-state index in [1.165, 1.54) is 0 Å². The maximum atomic E-state index is 11.3. The van der Waals surface area contributed by atoms with Crippen LogP contribution >= 0.6 is 23.2 Å². The van der Waals surface area contributed by atoms with E-state index in [0.717, 1.165) is 54.8 Å². The molecule has 0 radical (unpaired) electrons. The molecule has 37 heavy (non-hydrogen) atoms. The largest absolute Gasteiger partial charge is 0.427 e. The number of hydrogen-bond acceptors (Lipinski definition) is 7. The fourth-order valence-electron chi connectivity index (χ4n) is 5.21. The third-order valence-electron chi connectivity index (χ3n) is 7.35. The van der Waals surface area contributed by atoms with E-state index >= 15 is 0 Å². The Hall–Kier alpha value is -2.78. The van der Waals surface area contributed by atoms with Crippen LogP contribution in [0.5, 0.6) is 0 Å². The van der Waals surface area contributed by atoms with Gasteiger partial charge in [0.2, 0.25) is 0 Å². The van der Waals surface area contributed by atoms with Crippen molar-refractivity contribution >= 4 is 35.0 Å². The van der Waals surface area contributed by atoms with Gasteiger partial charge in [-0.25, -0.2) is 4.79 Å². The Labute approximate surface area is 225 Å². The van der Waals surface area contributed by atoms with Gasteiger partial charge in [-0.05, 0) is 62.4 Å². The number of carbonyl (C=O) groups is 1. The van der Waals surface area contributed by atoms with Crippen LogP contribution in [-0.4, -0.2) is 29.9 Å². The lowest BCUT2D eigenvalue weighted by atomic mass is 9.99. The molecule has 1 aliphatic carbocycles. The van der Waals surface area contributed by atoms with Crippen molar-refractivity contribution in [3.63, 3.8) is 0 Å². The molecule has 3 fully saturated rings. The van der Waals surface area contributed by atoms with Gasteiger partial charge in [-0.2, -0.15) is 0 Å². The summed E-state index contributed by atoms with van der Waals surface area (Å²) in [7, 11) is 0. The number of piperidine rings is 1. The average Bonchev–Trinajstić information content (AvgIpc) is 3.51. The summed E-state index contributed by atoms with van der Waals surface area (Å²) in [4.78, 5) is 18.4. The van der Waals surface area contributed by atoms with Gasteiger partial charge < -0.3 is 19.0 Å². The maximum absolute atomic E-state index is 11.3. The maximum Gasteiger partial charge on any atom is 0.427 e. The summed E-state index contributed by atoms with van der Waals surface area (Å²) in [5.41, 5.74) is 7.10. The predicted octanol–water partition coefficient (Wildman–Crippen LogP) is 6.34. The zero-order valence-corrected chi connectivity index (χ0v) is 21.9. The first-order valence-corrected chi connectivity index (χ1v) is 13.4. The number of halogens is 2. The van der Waals surface area contributed by atoms with Crippen molar-refractivity contribution in [2.45, 2.75) is 63.4 Å². The number of aromatic nitrogens is 1. The molecule has 3 aromatic rings. The summed E-state index contributed by atoms with van der Waals surface area (Å²) in [6.45, 7) is 3.52. The fraction of sp³-hybridized carbons (Fsp3) is 0.407. The molecule has 1 aromatic heterocycles. The average molecular weight is 543 g/mol. The molecule has 6 rings (SSSR count). The SMILES string of the molecule is C[C@H]1C[C@H](OCc2c(-c3c(Cl)cccc3Cl)noc2C2CC2)CCN1c1ccc(C2NOC(=O)N2)cc1.